The number of nitrogens with zero attached hydrogens (tertiary/aromatic N) is 3. The molecule has 2 rings (SSSR count). The quantitative estimate of drug-likeness (QED) is 0.838. The molecular weight excluding hydrogens is 282 g/mol. The van der Waals surface area contributed by atoms with Crippen molar-refractivity contribution in [3.05, 3.63) is 15.9 Å². The van der Waals surface area contributed by atoms with Gasteiger partial charge in [0.2, 0.25) is 0 Å². The van der Waals surface area contributed by atoms with Crippen molar-refractivity contribution in [2.45, 2.75) is 32.9 Å². The van der Waals surface area contributed by atoms with Crippen LogP contribution in [0.5, 0.6) is 0 Å². The lowest BCUT2D eigenvalue weighted by Gasteiger charge is -2.42. The van der Waals surface area contributed by atoms with E-state index in [0.717, 1.165) is 36.5 Å². The van der Waals surface area contributed by atoms with Gasteiger partial charge in [-0.15, -0.1) is 0 Å². The van der Waals surface area contributed by atoms with Crippen molar-refractivity contribution in [3.8, 4) is 0 Å². The van der Waals surface area contributed by atoms with E-state index < -0.39 is 0 Å². The van der Waals surface area contributed by atoms with E-state index >= 15 is 0 Å². The zero-order chi connectivity index (χ0) is 12.6. The summed E-state index contributed by atoms with van der Waals surface area (Å²) in [6.45, 7) is 9.97. The number of morpholine rings is 1. The van der Waals surface area contributed by atoms with Crippen molar-refractivity contribution < 1.29 is 4.74 Å². The average Bonchev–Trinajstić information content (AvgIpc) is 2.47. The van der Waals surface area contributed by atoms with Crippen molar-refractivity contribution in [2.75, 3.05) is 19.8 Å². The second-order valence-corrected chi connectivity index (χ2v) is 6.05. The molecule has 1 aromatic heterocycles. The number of hydrogen-bond donors (Lipinski definition) is 0. The maximum Gasteiger partial charge on any atom is 0.0739 e. The number of aromatic nitrogens is 2. The molecule has 5 heteroatoms. The standard InChI is InChI=1S/C12H20BrN3O/c1-9-11(13)10(15(4)14-9)7-16-5-6-17-8-12(16,2)3/h5-8H2,1-4H3. The molecule has 1 fully saturated rings. The Morgan fingerprint density at radius 2 is 2.18 bits per heavy atom. The van der Waals surface area contributed by atoms with Gasteiger partial charge in [0.25, 0.3) is 0 Å². The summed E-state index contributed by atoms with van der Waals surface area (Å²) < 4.78 is 8.63. The highest BCUT2D eigenvalue weighted by Gasteiger charge is 2.31. The van der Waals surface area contributed by atoms with Gasteiger partial charge in [0, 0.05) is 25.7 Å². The number of hydrogen-bond acceptors (Lipinski definition) is 3. The Hall–Kier alpha value is -0.390. The summed E-state index contributed by atoms with van der Waals surface area (Å²) in [5.41, 5.74) is 2.38. The van der Waals surface area contributed by atoms with Gasteiger partial charge >= 0.3 is 0 Å². The lowest BCUT2D eigenvalue weighted by Crippen LogP contribution is -2.52. The zero-order valence-corrected chi connectivity index (χ0v) is 12.5. The Morgan fingerprint density at radius 3 is 2.71 bits per heavy atom. The largest absolute Gasteiger partial charge is 0.378 e. The van der Waals surface area contributed by atoms with Gasteiger partial charge in [-0.3, -0.25) is 9.58 Å². The van der Waals surface area contributed by atoms with Crippen LogP contribution in [-0.2, 0) is 18.3 Å². The summed E-state index contributed by atoms with van der Waals surface area (Å²) in [6.07, 6.45) is 0. The van der Waals surface area contributed by atoms with E-state index in [2.05, 4.69) is 39.8 Å². The fourth-order valence-corrected chi connectivity index (χ4v) is 2.68. The van der Waals surface area contributed by atoms with Crippen LogP contribution in [0.2, 0.25) is 0 Å². The molecule has 17 heavy (non-hydrogen) atoms. The summed E-state index contributed by atoms with van der Waals surface area (Å²) in [5, 5.41) is 4.44. The van der Waals surface area contributed by atoms with Crippen molar-refractivity contribution in [1.29, 1.82) is 0 Å². The maximum atomic E-state index is 5.54. The van der Waals surface area contributed by atoms with E-state index in [1.165, 1.54) is 5.69 Å². The fraction of sp³-hybridized carbons (Fsp3) is 0.750. The highest BCUT2D eigenvalue weighted by molar-refractivity contribution is 9.10. The summed E-state index contributed by atoms with van der Waals surface area (Å²) in [4.78, 5) is 2.46. The molecule has 0 N–H and O–H groups in total. The monoisotopic (exact) mass is 301 g/mol. The second kappa shape index (κ2) is 4.71. The van der Waals surface area contributed by atoms with Crippen LogP contribution < -0.4 is 0 Å². The first-order valence-corrected chi connectivity index (χ1v) is 6.72. The third-order valence-electron chi connectivity index (χ3n) is 3.42. The van der Waals surface area contributed by atoms with Gasteiger partial charge in [-0.1, -0.05) is 0 Å². The molecule has 2 heterocycles. The van der Waals surface area contributed by atoms with Crippen LogP contribution in [0, 0.1) is 6.92 Å². The summed E-state index contributed by atoms with van der Waals surface area (Å²) in [6, 6.07) is 0. The molecule has 96 valence electrons. The van der Waals surface area contributed by atoms with Gasteiger partial charge in [-0.25, -0.2) is 0 Å². The Morgan fingerprint density at radius 1 is 1.47 bits per heavy atom. The smallest absolute Gasteiger partial charge is 0.0739 e. The third-order valence-corrected chi connectivity index (χ3v) is 4.45. The van der Waals surface area contributed by atoms with Crippen LogP contribution in [-0.4, -0.2) is 40.0 Å². The van der Waals surface area contributed by atoms with Crippen LogP contribution in [0.1, 0.15) is 25.2 Å². The van der Waals surface area contributed by atoms with Crippen LogP contribution in [0.4, 0.5) is 0 Å². The van der Waals surface area contributed by atoms with E-state index in [4.69, 9.17) is 4.74 Å². The molecule has 0 aliphatic carbocycles. The Labute approximate surface area is 111 Å². The van der Waals surface area contributed by atoms with Crippen molar-refractivity contribution in [3.63, 3.8) is 0 Å². The number of aryl methyl sites for hydroxylation is 2. The zero-order valence-electron chi connectivity index (χ0n) is 11.0. The molecule has 1 aliphatic heterocycles. The first-order valence-electron chi connectivity index (χ1n) is 5.92. The van der Waals surface area contributed by atoms with Crippen molar-refractivity contribution >= 4 is 15.9 Å². The molecule has 1 saturated heterocycles. The van der Waals surface area contributed by atoms with Crippen LogP contribution in [0.15, 0.2) is 4.47 Å². The van der Waals surface area contributed by atoms with E-state index in [1.54, 1.807) is 0 Å². The third kappa shape index (κ3) is 2.56. The van der Waals surface area contributed by atoms with E-state index in [9.17, 15) is 0 Å². The molecule has 0 bridgehead atoms. The first-order chi connectivity index (χ1) is 7.92. The van der Waals surface area contributed by atoms with Gasteiger partial charge in [0.1, 0.15) is 0 Å². The molecule has 0 radical (unpaired) electrons. The SMILES string of the molecule is Cc1nn(C)c(CN2CCOCC2(C)C)c1Br. The Balaban J connectivity index is 2.20. The average molecular weight is 302 g/mol. The normalized spacial score (nSPS) is 20.8. The number of ether oxygens (including phenoxy) is 1. The molecule has 0 amide bonds. The first kappa shape index (κ1) is 13.1. The molecule has 4 nitrogen and oxygen atoms in total. The van der Waals surface area contributed by atoms with Crippen LogP contribution in [0.25, 0.3) is 0 Å². The minimum Gasteiger partial charge on any atom is -0.378 e. The highest BCUT2D eigenvalue weighted by Crippen LogP contribution is 2.26. The van der Waals surface area contributed by atoms with Crippen molar-refractivity contribution in [1.82, 2.24) is 14.7 Å². The predicted octanol–water partition coefficient (Wildman–Crippen LogP) is 2.10. The van der Waals surface area contributed by atoms with E-state index in [-0.39, 0.29) is 5.54 Å². The molecule has 1 aromatic rings. The lowest BCUT2D eigenvalue weighted by molar-refractivity contribution is -0.0562. The van der Waals surface area contributed by atoms with Gasteiger partial charge in [0.05, 0.1) is 29.1 Å². The van der Waals surface area contributed by atoms with Gasteiger partial charge in [-0.2, -0.15) is 5.10 Å². The topological polar surface area (TPSA) is 30.3 Å². The summed E-state index contributed by atoms with van der Waals surface area (Å²) in [7, 11) is 2.00. The van der Waals surface area contributed by atoms with Crippen LogP contribution in [0.3, 0.4) is 0 Å². The highest BCUT2D eigenvalue weighted by atomic mass is 79.9. The number of halogens is 1. The minimum atomic E-state index is 0.0931. The molecule has 0 aromatic carbocycles. The molecule has 0 saturated carbocycles. The molecule has 0 atom stereocenters. The molecule has 1 aliphatic rings. The number of rotatable bonds is 2. The van der Waals surface area contributed by atoms with Gasteiger partial charge in [-0.05, 0) is 36.7 Å². The van der Waals surface area contributed by atoms with E-state index in [1.807, 2.05) is 18.7 Å². The molecule has 0 unspecified atom stereocenters. The van der Waals surface area contributed by atoms with Gasteiger partial charge in [0.15, 0.2) is 0 Å². The second-order valence-electron chi connectivity index (χ2n) is 5.26. The minimum absolute atomic E-state index is 0.0931. The lowest BCUT2D eigenvalue weighted by atomic mass is 10.0. The maximum absolute atomic E-state index is 5.54. The summed E-state index contributed by atoms with van der Waals surface area (Å²) >= 11 is 3.62. The van der Waals surface area contributed by atoms with E-state index in [0.29, 0.717) is 0 Å². The molecule has 0 spiro atoms. The fourth-order valence-electron chi connectivity index (χ4n) is 2.22. The van der Waals surface area contributed by atoms with Crippen LogP contribution >= 0.6 is 15.9 Å². The Kier molecular flexibility index (Phi) is 3.61. The predicted molar refractivity (Wildman–Crippen MR) is 71.0 cm³/mol. The molecular formula is C12H20BrN3O. The van der Waals surface area contributed by atoms with Gasteiger partial charge < -0.3 is 4.74 Å². The Bertz CT molecular complexity index is 414. The summed E-state index contributed by atoms with van der Waals surface area (Å²) in [5.74, 6) is 0. The van der Waals surface area contributed by atoms with Crippen molar-refractivity contribution in [2.24, 2.45) is 7.05 Å².